The third kappa shape index (κ3) is 8.54. The molecular weight excluding hydrogens is 781 g/mol. The van der Waals surface area contributed by atoms with Gasteiger partial charge in [0.1, 0.15) is 30.0 Å². The van der Waals surface area contributed by atoms with E-state index in [0.29, 0.717) is 30.0 Å². The minimum atomic E-state index is -1.08. The number of unbranched alkanes of at least 4 members (excludes halogenated alkanes) is 2. The summed E-state index contributed by atoms with van der Waals surface area (Å²) in [7, 11) is 0. The van der Waals surface area contributed by atoms with E-state index < -0.39 is 29.7 Å². The minimum absolute atomic E-state index is 0.0269. The molecule has 1 aromatic carbocycles. The first-order valence-corrected chi connectivity index (χ1v) is 21.2. The number of hydrogen-bond acceptors (Lipinski definition) is 13. The van der Waals surface area contributed by atoms with E-state index in [1.807, 2.05) is 35.9 Å². The van der Waals surface area contributed by atoms with E-state index in [-0.39, 0.29) is 65.1 Å². The highest BCUT2D eigenvalue weighted by atomic mass is 16.5. The van der Waals surface area contributed by atoms with Crippen molar-refractivity contribution in [2.45, 2.75) is 90.1 Å². The van der Waals surface area contributed by atoms with Crippen LogP contribution in [0.3, 0.4) is 0 Å². The number of aromatic nitrogens is 3. The zero-order valence-corrected chi connectivity index (χ0v) is 34.5. The van der Waals surface area contributed by atoms with Gasteiger partial charge in [0.2, 0.25) is 11.8 Å². The van der Waals surface area contributed by atoms with Crippen LogP contribution in [0.5, 0.6) is 5.75 Å². The molecule has 61 heavy (non-hydrogen) atoms. The number of nitrogens with one attached hydrogen (secondary N) is 2. The zero-order chi connectivity index (χ0) is 42.8. The van der Waals surface area contributed by atoms with E-state index >= 15 is 0 Å². The lowest BCUT2D eigenvalue weighted by Gasteiger charge is -2.36. The molecule has 318 valence electrons. The highest BCUT2D eigenvalue weighted by molar-refractivity contribution is 6.24. The number of anilines is 3. The number of pyridine rings is 3. The summed E-state index contributed by atoms with van der Waals surface area (Å²) in [4.78, 5) is 104. The molecule has 2 saturated heterocycles. The second-order valence-corrected chi connectivity index (χ2v) is 16.4. The molecule has 1 unspecified atom stereocenters. The molecule has 1 atom stereocenters. The summed E-state index contributed by atoms with van der Waals surface area (Å²) >= 11 is 0. The van der Waals surface area contributed by atoms with Gasteiger partial charge in [0, 0.05) is 62.7 Å². The van der Waals surface area contributed by atoms with Gasteiger partial charge in [-0.25, -0.2) is 9.97 Å². The average molecular weight is 831 g/mol. The van der Waals surface area contributed by atoms with Crippen LogP contribution in [0.2, 0.25) is 0 Å². The fraction of sp³-hybridized carbons (Fsp3) is 0.444. The first-order chi connectivity index (χ1) is 29.5. The van der Waals surface area contributed by atoms with Crippen molar-refractivity contribution in [2.75, 3.05) is 49.5 Å². The fourth-order valence-corrected chi connectivity index (χ4v) is 9.14. The van der Waals surface area contributed by atoms with E-state index in [4.69, 9.17) is 4.74 Å². The van der Waals surface area contributed by atoms with Gasteiger partial charge in [0.05, 0.1) is 34.1 Å². The number of nitrogens with zero attached hydrogens (tertiary/aromatic N) is 6. The highest BCUT2D eigenvalue weighted by Crippen LogP contribution is 2.35. The molecule has 4 aromatic rings. The Morgan fingerprint density at radius 3 is 2.38 bits per heavy atom. The molecule has 8 rings (SSSR count). The van der Waals surface area contributed by atoms with Crippen molar-refractivity contribution in [3.05, 3.63) is 81.4 Å². The molecule has 4 aliphatic rings. The van der Waals surface area contributed by atoms with Crippen molar-refractivity contribution < 1.29 is 33.5 Å². The van der Waals surface area contributed by atoms with Crippen LogP contribution in [-0.2, 0) is 14.4 Å². The number of piperidine rings is 1. The Morgan fingerprint density at radius 2 is 1.66 bits per heavy atom. The second kappa shape index (κ2) is 17.7. The van der Waals surface area contributed by atoms with Gasteiger partial charge in [0.15, 0.2) is 11.6 Å². The fourth-order valence-electron chi connectivity index (χ4n) is 9.14. The molecule has 0 bridgehead atoms. The maximum absolute atomic E-state index is 13.6. The lowest BCUT2D eigenvalue weighted by Crippen LogP contribution is -2.54. The number of amides is 4. The summed E-state index contributed by atoms with van der Waals surface area (Å²) in [5.74, 6) is -1.43. The van der Waals surface area contributed by atoms with Crippen LogP contribution < -0.4 is 25.8 Å². The van der Waals surface area contributed by atoms with Crippen molar-refractivity contribution >= 4 is 63.4 Å². The molecule has 2 N–H and O–H groups in total. The number of benzene rings is 1. The molecule has 1 saturated carbocycles. The zero-order valence-electron chi connectivity index (χ0n) is 34.5. The van der Waals surface area contributed by atoms with Gasteiger partial charge >= 0.3 is 0 Å². The second-order valence-electron chi connectivity index (χ2n) is 16.4. The lowest BCUT2D eigenvalue weighted by molar-refractivity contribution is -0.136. The number of aryl methyl sites for hydroxylation is 1. The number of fused-ring (bicyclic) bond motifs is 2. The van der Waals surface area contributed by atoms with Gasteiger partial charge < -0.3 is 19.5 Å². The number of hydrogen-bond donors (Lipinski definition) is 2. The normalized spacial score (nSPS) is 18.5. The summed E-state index contributed by atoms with van der Waals surface area (Å²) in [6, 6.07) is 9.43. The number of ketones is 2. The van der Waals surface area contributed by atoms with Crippen molar-refractivity contribution in [3.8, 4) is 5.75 Å². The third-order valence-electron chi connectivity index (χ3n) is 12.4. The third-order valence-corrected chi connectivity index (χ3v) is 12.4. The highest BCUT2D eigenvalue weighted by Gasteiger charge is 2.46. The van der Waals surface area contributed by atoms with Crippen LogP contribution in [0.1, 0.15) is 114 Å². The molecule has 6 heterocycles. The first-order valence-electron chi connectivity index (χ1n) is 21.2. The predicted molar refractivity (Wildman–Crippen MR) is 227 cm³/mol. The Bertz CT molecular complexity index is 2470. The number of rotatable bonds is 15. The summed E-state index contributed by atoms with van der Waals surface area (Å²) in [5, 5.41) is 6.29. The first kappa shape index (κ1) is 41.4. The van der Waals surface area contributed by atoms with Gasteiger partial charge in [-0.05, 0) is 82.3 Å². The molecule has 16 nitrogen and oxygen atoms in total. The lowest BCUT2D eigenvalue weighted by atomic mass is 10.0. The summed E-state index contributed by atoms with van der Waals surface area (Å²) in [6.07, 6.45) is 10.5. The van der Waals surface area contributed by atoms with Gasteiger partial charge in [-0.2, -0.15) is 0 Å². The monoisotopic (exact) mass is 830 g/mol. The van der Waals surface area contributed by atoms with E-state index in [0.717, 1.165) is 92.7 Å². The maximum atomic E-state index is 13.6. The Labute approximate surface area is 352 Å². The Hall–Kier alpha value is -6.29. The van der Waals surface area contributed by atoms with E-state index in [1.54, 1.807) is 12.3 Å². The van der Waals surface area contributed by atoms with Crippen LogP contribution >= 0.6 is 0 Å². The number of imide groups is 2. The molecule has 4 amide bonds. The van der Waals surface area contributed by atoms with Crippen LogP contribution in [0.4, 0.5) is 17.3 Å². The van der Waals surface area contributed by atoms with Gasteiger partial charge in [-0.3, -0.25) is 48.7 Å². The molecule has 0 spiro atoms. The summed E-state index contributed by atoms with van der Waals surface area (Å²) in [5.41, 5.74) is 2.62. The number of piperazine rings is 1. The molecule has 3 aliphatic heterocycles. The van der Waals surface area contributed by atoms with Crippen LogP contribution in [-0.4, -0.2) is 105 Å². The largest absolute Gasteiger partial charge is 0.485 e. The van der Waals surface area contributed by atoms with Gasteiger partial charge in [0.25, 0.3) is 17.4 Å². The quantitative estimate of drug-likeness (QED) is 0.0936. The molecular formula is C45H50N8O8. The van der Waals surface area contributed by atoms with Crippen LogP contribution in [0.25, 0.3) is 10.9 Å². The van der Waals surface area contributed by atoms with E-state index in [1.165, 1.54) is 19.1 Å². The number of ether oxygens (including phenoxy) is 1. The van der Waals surface area contributed by atoms with Crippen molar-refractivity contribution in [3.63, 3.8) is 0 Å². The van der Waals surface area contributed by atoms with Crippen LogP contribution in [0, 0.1) is 6.92 Å². The predicted octanol–water partition coefficient (Wildman–Crippen LogP) is 4.89. The minimum Gasteiger partial charge on any atom is -0.485 e. The number of carbonyl (C=O) groups is 6. The van der Waals surface area contributed by atoms with E-state index in [9.17, 15) is 33.6 Å². The van der Waals surface area contributed by atoms with Gasteiger partial charge in [-0.15, -0.1) is 0 Å². The molecule has 16 heteroatoms. The van der Waals surface area contributed by atoms with Crippen molar-refractivity contribution in [2.24, 2.45) is 0 Å². The number of Topliss-reactive ketones (excluding diaryl/α,β-unsaturated/α-hetero) is 2. The van der Waals surface area contributed by atoms with Gasteiger partial charge in [-0.1, -0.05) is 25.3 Å². The SMILES string of the molecule is CC(=O)c1c(C)c2cnc(Nc3ccc(N4CCN(CCCCCC(=O)COc5cccc6c5C(=O)N(C5CCC(=O)NC5=O)C6=O)CC4)cn3)cc2n(C2CCCC2)c1=O. The molecule has 3 fully saturated rings. The maximum Gasteiger partial charge on any atom is 0.266 e. The summed E-state index contributed by atoms with van der Waals surface area (Å²) in [6.45, 7) is 7.49. The molecule has 3 aromatic heterocycles. The summed E-state index contributed by atoms with van der Waals surface area (Å²) < 4.78 is 7.56. The molecule has 1 aliphatic carbocycles. The van der Waals surface area contributed by atoms with Crippen molar-refractivity contribution in [1.82, 2.24) is 29.7 Å². The number of carbonyl (C=O) groups excluding carboxylic acids is 6. The van der Waals surface area contributed by atoms with E-state index in [2.05, 4.69) is 30.4 Å². The Kier molecular flexibility index (Phi) is 12.1. The van der Waals surface area contributed by atoms with Crippen LogP contribution in [0.15, 0.2) is 53.6 Å². The Balaban J connectivity index is 0.768. The molecule has 0 radical (unpaired) electrons. The smallest absolute Gasteiger partial charge is 0.266 e. The van der Waals surface area contributed by atoms with Crippen molar-refractivity contribution in [1.29, 1.82) is 0 Å². The average Bonchev–Trinajstić information content (AvgIpc) is 3.86. The standard InChI is InChI=1S/C45H50N8O8/c1-27-33-25-47-38(23-35(33)52(29-9-5-6-10-29)44(59)40(27)28(2)54)48-37-16-14-30(24-46-37)51-21-19-50(20-22-51)18-7-3-4-11-31(55)26-61-36-13-8-12-32-41(36)45(60)53(43(32)58)34-15-17-39(56)49-42(34)57/h8,12-14,16,23-25,29,34H,3-7,9-11,15,17-22,26H2,1-2H3,(H,46,47,48)(H,49,56,57). The Morgan fingerprint density at radius 1 is 0.885 bits per heavy atom. The topological polar surface area (TPSA) is 193 Å².